The molecule has 0 aromatic carbocycles. The van der Waals surface area contributed by atoms with Gasteiger partial charge in [-0.15, -0.1) is 24.0 Å². The van der Waals surface area contributed by atoms with E-state index in [0.717, 1.165) is 77.0 Å². The normalized spacial score (nSPS) is 50.1. The molecule has 8 rings (SSSR count). The molecule has 0 aromatic heterocycles. The molecule has 0 radical (unpaired) electrons. The molecule has 58 heavy (non-hydrogen) atoms. The number of carbonyl (C=O) groups is 3. The van der Waals surface area contributed by atoms with Gasteiger partial charge in [-0.1, -0.05) is 55.4 Å². The zero-order valence-corrected chi connectivity index (χ0v) is 39.7. The number of nitriles is 1. The first kappa shape index (κ1) is 46.5. The van der Waals surface area contributed by atoms with E-state index in [9.17, 15) is 35.0 Å². The maximum absolute atomic E-state index is 13.9. The van der Waals surface area contributed by atoms with Crippen molar-refractivity contribution in [1.29, 1.82) is 5.26 Å². The van der Waals surface area contributed by atoms with Crippen molar-refractivity contribution in [3.63, 3.8) is 0 Å². The molecule has 3 N–H and O–H groups in total. The zero-order chi connectivity index (χ0) is 41.4. The van der Waals surface area contributed by atoms with Crippen LogP contribution in [0.2, 0.25) is 0 Å². The summed E-state index contributed by atoms with van der Waals surface area (Å²) in [5.41, 5.74) is 0.713. The van der Waals surface area contributed by atoms with Gasteiger partial charge in [-0.25, -0.2) is 0 Å². The van der Waals surface area contributed by atoms with Gasteiger partial charge in [-0.2, -0.15) is 5.26 Å². The van der Waals surface area contributed by atoms with Gasteiger partial charge < -0.3 is 15.3 Å². The van der Waals surface area contributed by atoms with Crippen molar-refractivity contribution in [2.75, 3.05) is 0 Å². The Labute approximate surface area is 368 Å². The van der Waals surface area contributed by atoms with Crippen LogP contribution in [-0.4, -0.2) is 45.1 Å². The predicted octanol–water partition coefficient (Wildman–Crippen LogP) is 10.9. The van der Waals surface area contributed by atoms with Gasteiger partial charge >= 0.3 is 5.97 Å². The van der Waals surface area contributed by atoms with Crippen molar-refractivity contribution >= 4 is 41.5 Å². The topological polar surface area (TPSA) is 136 Å². The molecule has 20 atom stereocenters. The van der Waals surface area contributed by atoms with E-state index in [1.807, 2.05) is 0 Å². The van der Waals surface area contributed by atoms with Gasteiger partial charge in [-0.3, -0.25) is 14.4 Å². The third-order valence-corrected chi connectivity index (χ3v) is 20.7. The molecule has 0 saturated heterocycles. The summed E-state index contributed by atoms with van der Waals surface area (Å²) in [5.74, 6) is 5.09. The molecular weight excluding hydrogens is 837 g/mol. The summed E-state index contributed by atoms with van der Waals surface area (Å²) in [7, 11) is 0. The second-order valence-corrected chi connectivity index (χ2v) is 22.8. The Bertz CT molecular complexity index is 1580. The molecule has 8 aliphatic rings. The fourth-order valence-corrected chi connectivity index (χ4v) is 17.9. The number of carbonyl (C=O) groups excluding carboxylic acids is 2. The van der Waals surface area contributed by atoms with E-state index in [1.165, 1.54) is 25.7 Å². The summed E-state index contributed by atoms with van der Waals surface area (Å²) in [6.07, 6.45) is 16.9. The van der Waals surface area contributed by atoms with Crippen LogP contribution in [0.3, 0.4) is 0 Å². The molecular formula is C50H80INO6. The molecule has 0 bridgehead atoms. The molecule has 0 aliphatic heterocycles. The van der Waals surface area contributed by atoms with Crippen LogP contribution in [0.1, 0.15) is 171 Å². The summed E-state index contributed by atoms with van der Waals surface area (Å²) >= 11 is 0. The lowest BCUT2D eigenvalue weighted by molar-refractivity contribution is -0.173. The summed E-state index contributed by atoms with van der Waals surface area (Å²) in [4.78, 5) is 39.0. The van der Waals surface area contributed by atoms with Crippen molar-refractivity contribution in [3.8, 4) is 6.07 Å². The fraction of sp³-hybridized carbons (Fsp3) is 0.920. The highest BCUT2D eigenvalue weighted by molar-refractivity contribution is 14.0. The van der Waals surface area contributed by atoms with Crippen molar-refractivity contribution in [3.05, 3.63) is 0 Å². The van der Waals surface area contributed by atoms with Crippen LogP contribution >= 0.6 is 24.0 Å². The van der Waals surface area contributed by atoms with E-state index in [4.69, 9.17) is 0 Å². The van der Waals surface area contributed by atoms with Gasteiger partial charge in [0, 0.05) is 36.5 Å². The summed E-state index contributed by atoms with van der Waals surface area (Å²) in [6, 6.07) is 2.40. The molecule has 0 heterocycles. The van der Waals surface area contributed by atoms with Gasteiger partial charge in [0.15, 0.2) is 0 Å². The van der Waals surface area contributed by atoms with Gasteiger partial charge in [0.25, 0.3) is 0 Å². The lowest BCUT2D eigenvalue weighted by Gasteiger charge is -2.62. The minimum atomic E-state index is -0.700. The van der Waals surface area contributed by atoms with Crippen molar-refractivity contribution in [2.45, 2.75) is 183 Å². The van der Waals surface area contributed by atoms with E-state index in [1.54, 1.807) is 0 Å². The Balaban J connectivity index is 0.000000192. The van der Waals surface area contributed by atoms with E-state index in [-0.39, 0.29) is 93.9 Å². The van der Waals surface area contributed by atoms with Crippen LogP contribution in [0.4, 0.5) is 0 Å². The third-order valence-electron chi connectivity index (χ3n) is 20.7. The molecule has 0 aromatic rings. The lowest BCUT2D eigenvalue weighted by atomic mass is 9.42. The second kappa shape index (κ2) is 17.3. The number of aliphatic carboxylic acids is 1. The maximum Gasteiger partial charge on any atom is 0.303 e. The minimum absolute atomic E-state index is 0. The Morgan fingerprint density at radius 2 is 1.02 bits per heavy atom. The maximum atomic E-state index is 13.9. The Morgan fingerprint density at radius 3 is 1.40 bits per heavy atom. The van der Waals surface area contributed by atoms with Crippen molar-refractivity contribution in [1.82, 2.24) is 0 Å². The molecule has 8 fully saturated rings. The largest absolute Gasteiger partial charge is 0.481 e. The van der Waals surface area contributed by atoms with Crippen molar-refractivity contribution < 1.29 is 29.7 Å². The van der Waals surface area contributed by atoms with Crippen LogP contribution in [0.25, 0.3) is 0 Å². The van der Waals surface area contributed by atoms with Crippen LogP contribution in [0, 0.1) is 116 Å². The van der Waals surface area contributed by atoms with E-state index >= 15 is 0 Å². The number of rotatable bonds is 7. The number of hydrogen-bond acceptors (Lipinski definition) is 6. The Morgan fingerprint density at radius 1 is 0.638 bits per heavy atom. The predicted molar refractivity (Wildman–Crippen MR) is 238 cm³/mol. The van der Waals surface area contributed by atoms with Gasteiger partial charge in [-0.05, 0) is 184 Å². The smallest absolute Gasteiger partial charge is 0.303 e. The number of hydrogen-bond donors (Lipinski definition) is 3. The molecule has 0 spiro atoms. The quantitative estimate of drug-likeness (QED) is 0.216. The highest BCUT2D eigenvalue weighted by atomic mass is 127. The molecule has 7 nitrogen and oxygen atoms in total. The highest BCUT2D eigenvalue weighted by Crippen LogP contribution is 2.70. The number of nitrogens with zero attached hydrogens (tertiary/aromatic N) is 1. The first-order valence-corrected chi connectivity index (χ1v) is 23.9. The number of carboxylic acid groups (broad SMARTS) is 1. The van der Waals surface area contributed by atoms with Crippen LogP contribution in [0.5, 0.6) is 0 Å². The van der Waals surface area contributed by atoms with Crippen LogP contribution in [0.15, 0.2) is 0 Å². The van der Waals surface area contributed by atoms with Crippen LogP contribution < -0.4 is 0 Å². The minimum Gasteiger partial charge on any atom is -0.481 e. The number of carboxylic acids is 1. The van der Waals surface area contributed by atoms with Crippen molar-refractivity contribution in [2.24, 2.45) is 105 Å². The SMILES string of the molecule is CCC1C(=O)[C@@H]2[C@H](CC[C@]3(C)[C@@H]([C@H](C)CC#N)CC[C@@H]23)[C@@]2(C)CC[C@@H](O)C[C@@H]12.CC[C@H]1C(=O)[C@@H]2[C@H](CC[C@]3(C)[C@@H]([C@H](C)CC(=O)O)CC[C@@H]23)[C@@]2(C)CC[C@@H](O)C[C@@H]12.I. The van der Waals surface area contributed by atoms with Gasteiger partial charge in [0.2, 0.25) is 0 Å². The second-order valence-electron chi connectivity index (χ2n) is 22.8. The monoisotopic (exact) mass is 918 g/mol. The van der Waals surface area contributed by atoms with E-state index in [2.05, 4.69) is 61.5 Å². The molecule has 328 valence electrons. The first-order valence-electron chi connectivity index (χ1n) is 23.9. The van der Waals surface area contributed by atoms with E-state index in [0.29, 0.717) is 71.2 Å². The average molecular weight is 918 g/mol. The molecule has 8 heteroatoms. The number of aliphatic hydroxyl groups excluding tert-OH is 2. The first-order chi connectivity index (χ1) is 26.9. The Hall–Kier alpha value is -1.05. The summed E-state index contributed by atoms with van der Waals surface area (Å²) in [6.45, 7) is 18.4. The van der Waals surface area contributed by atoms with Gasteiger partial charge in [0.05, 0.1) is 18.3 Å². The molecule has 8 aliphatic carbocycles. The summed E-state index contributed by atoms with van der Waals surface area (Å²) in [5, 5.41) is 39.3. The number of Topliss-reactive ketones (excluding diaryl/α,β-unsaturated/α-hetero) is 2. The zero-order valence-electron chi connectivity index (χ0n) is 37.4. The summed E-state index contributed by atoms with van der Waals surface area (Å²) < 4.78 is 0. The van der Waals surface area contributed by atoms with Crippen LogP contribution in [-0.2, 0) is 14.4 Å². The fourth-order valence-electron chi connectivity index (χ4n) is 17.9. The molecule has 1 unspecified atom stereocenters. The Kier molecular flexibility index (Phi) is 13.8. The number of aliphatic hydroxyl groups is 2. The molecule has 8 saturated carbocycles. The number of halogens is 1. The highest BCUT2D eigenvalue weighted by Gasteiger charge is 2.67. The molecule has 0 amide bonds. The third kappa shape index (κ3) is 7.31. The number of fused-ring (bicyclic) bond motifs is 10. The number of ketones is 2. The lowest BCUT2D eigenvalue weighted by Crippen LogP contribution is -2.60. The van der Waals surface area contributed by atoms with E-state index < -0.39 is 5.97 Å². The van der Waals surface area contributed by atoms with Gasteiger partial charge in [0.1, 0.15) is 11.6 Å². The average Bonchev–Trinajstić information content (AvgIpc) is 3.70. The standard InChI is InChI=1S/C25H39NO2.C25H40O4.HI/c1-5-17-21-14-16(27)8-11-25(21,4)20-9-12-24(3)18(15(2)10-13-26)6-7-19(24)22(20)23(17)28;1-5-16-20-13-15(26)8-10-25(20,4)19-9-11-24(3)17(14(2)12-21(27)28)6-7-18(24)22(19)23(16)29;/h15-22,27H,5-12,14H2,1-4H3;14-20,22,26H,5-13H2,1-4H3,(H,27,28);1H/t15-,16-,17?,18-,19+,20+,21+,22+,24-,25-;14-,15-,16-,17-,18+,19+,20+,22+,24-,25-;/m11./s1.